The Balaban J connectivity index is 1.43. The molecule has 0 spiro atoms. The Hall–Kier alpha value is -4.34. The van der Waals surface area contributed by atoms with Crippen LogP contribution in [0.15, 0.2) is 170 Å². The van der Waals surface area contributed by atoms with Crippen LogP contribution >= 0.6 is 0 Å². The lowest BCUT2D eigenvalue weighted by Crippen LogP contribution is -2.67. The highest BCUT2D eigenvalue weighted by Gasteiger charge is 2.51. The number of unbranched alkanes of at least 4 members (excludes halogenated alkanes) is 4. The predicted octanol–water partition coefficient (Wildman–Crippen LogP) is 11.4. The van der Waals surface area contributed by atoms with Crippen LogP contribution in [0.3, 0.4) is 0 Å². The summed E-state index contributed by atoms with van der Waals surface area (Å²) in [4.78, 5) is 11.4. The number of esters is 1. The van der Waals surface area contributed by atoms with Gasteiger partial charge in [0.2, 0.25) is 0 Å². The summed E-state index contributed by atoms with van der Waals surface area (Å²) in [5.74, 6) is -0.152. The van der Waals surface area contributed by atoms with Crippen molar-refractivity contribution in [3.63, 3.8) is 0 Å². The van der Waals surface area contributed by atoms with Crippen molar-refractivity contribution in [2.45, 2.75) is 116 Å². The number of carbonyl (C=O) groups is 1. The van der Waals surface area contributed by atoms with E-state index < -0.39 is 16.6 Å². The van der Waals surface area contributed by atoms with E-state index in [1.807, 2.05) is 0 Å². The average molecular weight is 827 g/mol. The minimum absolute atomic E-state index is 0.0134. The lowest BCUT2D eigenvalue weighted by Gasteiger charge is -2.44. The second-order valence-corrected chi connectivity index (χ2v) is 25.9. The third-order valence-corrected chi connectivity index (χ3v) is 21.1. The van der Waals surface area contributed by atoms with Crippen LogP contribution in [0.4, 0.5) is 0 Å². The molecule has 0 bridgehead atoms. The Bertz CT molecular complexity index is 1810. The van der Waals surface area contributed by atoms with Gasteiger partial charge in [-0.1, -0.05) is 218 Å². The topological polar surface area (TPSA) is 44.8 Å². The fourth-order valence-electron chi connectivity index (χ4n) is 8.06. The molecule has 4 aromatic rings. The van der Waals surface area contributed by atoms with Crippen LogP contribution in [0.25, 0.3) is 0 Å². The summed E-state index contributed by atoms with van der Waals surface area (Å²) >= 11 is 0. The molecule has 0 N–H and O–H groups in total. The fraction of sp³-hybridized carbons (Fsp3) is 0.377. The van der Waals surface area contributed by atoms with Gasteiger partial charge in [-0.25, -0.2) is 0 Å². The van der Waals surface area contributed by atoms with Crippen molar-refractivity contribution >= 4 is 43.4 Å². The summed E-state index contributed by atoms with van der Waals surface area (Å²) in [5, 5.41) is 5.11. The molecule has 1 atom stereocenters. The van der Waals surface area contributed by atoms with Gasteiger partial charge >= 0.3 is 5.97 Å². The highest BCUT2D eigenvalue weighted by Crippen LogP contribution is 2.39. The number of carbonyl (C=O) groups excluding carboxylic acids is 1. The van der Waals surface area contributed by atoms with Crippen LogP contribution in [0.2, 0.25) is 10.1 Å². The van der Waals surface area contributed by atoms with Gasteiger partial charge in [-0.3, -0.25) is 4.79 Å². The van der Waals surface area contributed by atoms with Gasteiger partial charge in [0.25, 0.3) is 16.6 Å². The molecule has 4 rings (SSSR count). The summed E-state index contributed by atoms with van der Waals surface area (Å²) in [6, 6.07) is 43.7. The monoisotopic (exact) mass is 826 g/mol. The smallest absolute Gasteiger partial charge is 0.305 e. The summed E-state index contributed by atoms with van der Waals surface area (Å²) in [6.45, 7) is 14.8. The van der Waals surface area contributed by atoms with Crippen molar-refractivity contribution in [2.24, 2.45) is 0 Å². The van der Waals surface area contributed by atoms with Crippen molar-refractivity contribution in [3.8, 4) is 0 Å². The van der Waals surface area contributed by atoms with Crippen molar-refractivity contribution in [1.82, 2.24) is 0 Å². The van der Waals surface area contributed by atoms with E-state index in [2.05, 4.69) is 211 Å². The van der Waals surface area contributed by atoms with Gasteiger partial charge in [-0.2, -0.15) is 0 Å². The summed E-state index contributed by atoms with van der Waals surface area (Å²) in [7, 11) is -3.82. The van der Waals surface area contributed by atoms with Gasteiger partial charge in [0.1, 0.15) is 0 Å². The van der Waals surface area contributed by atoms with E-state index in [1.165, 1.54) is 27.9 Å². The van der Waals surface area contributed by atoms with E-state index >= 15 is 0 Å². The molecule has 0 fully saturated rings. The molecule has 4 nitrogen and oxygen atoms in total. The Labute approximate surface area is 359 Å². The van der Waals surface area contributed by atoms with Gasteiger partial charge in [0.15, 0.2) is 0 Å². The van der Waals surface area contributed by atoms with Crippen molar-refractivity contribution < 1.29 is 18.4 Å². The SMILES string of the molecule is COC(=O)CCC/C=C\C/C=C\C=C\[C@H](C/C=C\CCCCCO[Si](c1ccccc1)(c1ccccc1)C(C)(C)C)O[Si](c1ccccc1)(c1ccccc1)C(C)(C)C. The Morgan fingerprint density at radius 3 is 1.53 bits per heavy atom. The molecule has 0 radical (unpaired) electrons. The van der Waals surface area contributed by atoms with Gasteiger partial charge in [-0.15, -0.1) is 0 Å². The minimum Gasteiger partial charge on any atom is -0.469 e. The quantitative estimate of drug-likeness (QED) is 0.0246. The highest BCUT2D eigenvalue weighted by atomic mass is 28.4. The molecule has 0 saturated carbocycles. The second kappa shape index (κ2) is 24.1. The molecule has 4 aromatic carbocycles. The molecule has 314 valence electrons. The van der Waals surface area contributed by atoms with E-state index in [-0.39, 0.29) is 22.1 Å². The van der Waals surface area contributed by atoms with Gasteiger partial charge in [-0.05, 0) is 75.8 Å². The van der Waals surface area contributed by atoms with Crippen molar-refractivity contribution in [3.05, 3.63) is 170 Å². The number of rotatable bonds is 23. The molecule has 0 aliphatic carbocycles. The van der Waals surface area contributed by atoms with Crippen LogP contribution in [0.5, 0.6) is 0 Å². The van der Waals surface area contributed by atoms with Gasteiger partial charge in [0.05, 0.1) is 13.2 Å². The van der Waals surface area contributed by atoms with Crippen LogP contribution in [-0.4, -0.2) is 42.4 Å². The van der Waals surface area contributed by atoms with E-state index in [9.17, 15) is 4.79 Å². The van der Waals surface area contributed by atoms with Gasteiger partial charge in [0, 0.05) is 13.0 Å². The molecule has 0 amide bonds. The number of allylic oxidation sites excluding steroid dienone is 6. The first-order valence-electron chi connectivity index (χ1n) is 21.7. The van der Waals surface area contributed by atoms with Crippen molar-refractivity contribution in [1.29, 1.82) is 0 Å². The van der Waals surface area contributed by atoms with Crippen molar-refractivity contribution in [2.75, 3.05) is 13.7 Å². The van der Waals surface area contributed by atoms with E-state index in [0.717, 1.165) is 58.0 Å². The molecule has 6 heteroatoms. The lowest BCUT2D eigenvalue weighted by molar-refractivity contribution is -0.140. The first kappa shape index (κ1) is 47.3. The van der Waals surface area contributed by atoms with E-state index in [1.54, 1.807) is 0 Å². The Kier molecular flexibility index (Phi) is 19.3. The molecule has 0 aliphatic rings. The van der Waals surface area contributed by atoms with E-state index in [0.29, 0.717) is 6.42 Å². The summed E-state index contributed by atoms with van der Waals surface area (Å²) < 4.78 is 19.5. The summed E-state index contributed by atoms with van der Waals surface area (Å²) in [6.07, 6.45) is 25.6. The molecule has 0 aromatic heterocycles. The molecule has 0 saturated heterocycles. The Morgan fingerprint density at radius 2 is 1.03 bits per heavy atom. The molecule has 0 unspecified atom stereocenters. The third kappa shape index (κ3) is 13.6. The maximum Gasteiger partial charge on any atom is 0.305 e. The van der Waals surface area contributed by atoms with Crippen LogP contribution < -0.4 is 20.7 Å². The zero-order chi connectivity index (χ0) is 42.5. The zero-order valence-electron chi connectivity index (χ0n) is 36.9. The highest BCUT2D eigenvalue weighted by molar-refractivity contribution is 7.00. The van der Waals surface area contributed by atoms with Gasteiger partial charge < -0.3 is 13.6 Å². The second-order valence-electron chi connectivity index (χ2n) is 17.4. The number of methoxy groups -OCH3 is 1. The maximum atomic E-state index is 11.4. The number of ether oxygens (including phenoxy) is 1. The first-order chi connectivity index (χ1) is 28.5. The molecule has 0 heterocycles. The van der Waals surface area contributed by atoms with Crippen LogP contribution in [0.1, 0.15) is 99.3 Å². The van der Waals surface area contributed by atoms with E-state index in [4.69, 9.17) is 13.6 Å². The zero-order valence-corrected chi connectivity index (χ0v) is 38.9. The average Bonchev–Trinajstić information content (AvgIpc) is 3.24. The largest absolute Gasteiger partial charge is 0.469 e. The third-order valence-electron chi connectivity index (χ3n) is 11.0. The number of hydrogen-bond donors (Lipinski definition) is 0. The lowest BCUT2D eigenvalue weighted by atomic mass is 10.1. The van der Waals surface area contributed by atoms with Crippen LogP contribution in [0, 0.1) is 0 Å². The number of hydrogen-bond acceptors (Lipinski definition) is 4. The normalized spacial score (nSPS) is 13.5. The minimum atomic E-state index is -2.75. The Morgan fingerprint density at radius 1 is 0.559 bits per heavy atom. The van der Waals surface area contributed by atoms with Crippen LogP contribution in [-0.2, 0) is 18.4 Å². The maximum absolute atomic E-state index is 11.4. The molecule has 0 aliphatic heterocycles. The summed E-state index contributed by atoms with van der Waals surface area (Å²) in [5.41, 5.74) is 0. The number of benzene rings is 4. The standard InChI is InChI=1S/C53H70O4Si2/c1-52(2,3)58(47-36-24-18-25-37-47,48-38-26-19-27-39-48)56-45-33-17-13-12-15-23-35-46(34-22-14-10-8-9-11-16-32-44-51(54)55-7)57-59(53(4,5)6,49-40-28-20-29-41-49)50-42-30-21-31-43-50/h9-11,14-15,18-31,34,36-43,46H,8,12-13,16-17,32-33,35,44-45H2,1-7H3/b11-9-,14-10-,23-15-,34-22+/t46-/m1/s1. The molecular formula is C53H70O4Si2. The molecule has 59 heavy (non-hydrogen) atoms. The fourth-order valence-corrected chi connectivity index (χ4v) is 17.3. The molecular weight excluding hydrogens is 757 g/mol. The first-order valence-corrected chi connectivity index (χ1v) is 25.5. The predicted molar refractivity (Wildman–Crippen MR) is 256 cm³/mol.